The summed E-state index contributed by atoms with van der Waals surface area (Å²) in [5.74, 6) is 2.88. The van der Waals surface area contributed by atoms with Crippen LogP contribution in [0.4, 0.5) is 5.82 Å². The second kappa shape index (κ2) is 5.34. The fourth-order valence-electron chi connectivity index (χ4n) is 5.44. The van der Waals surface area contributed by atoms with Crippen molar-refractivity contribution in [2.24, 2.45) is 18.9 Å². The van der Waals surface area contributed by atoms with Crippen LogP contribution < -0.4 is 10.5 Å². The molecule has 0 aromatic carbocycles. The summed E-state index contributed by atoms with van der Waals surface area (Å²) in [6, 6.07) is 7.88. The smallest absolute Gasteiger partial charge is 0.280 e. The van der Waals surface area contributed by atoms with E-state index in [0.717, 1.165) is 12.4 Å². The van der Waals surface area contributed by atoms with E-state index in [9.17, 15) is 4.79 Å². The summed E-state index contributed by atoms with van der Waals surface area (Å²) in [7, 11) is 1.76. The van der Waals surface area contributed by atoms with Crippen LogP contribution in [0.1, 0.15) is 17.4 Å². The van der Waals surface area contributed by atoms with Gasteiger partial charge >= 0.3 is 0 Å². The van der Waals surface area contributed by atoms with Gasteiger partial charge in [0.1, 0.15) is 30.5 Å². The van der Waals surface area contributed by atoms with Crippen molar-refractivity contribution in [2.45, 2.75) is 18.0 Å². The molecular formula is C20H15N9O2. The van der Waals surface area contributed by atoms with Gasteiger partial charge in [0.15, 0.2) is 17.0 Å². The van der Waals surface area contributed by atoms with Crippen molar-refractivity contribution in [1.82, 2.24) is 34.2 Å². The Morgan fingerprint density at radius 3 is 3.00 bits per heavy atom. The zero-order valence-electron chi connectivity index (χ0n) is 16.4. The molecule has 2 aliphatic heterocycles. The number of imidazole rings is 1. The molecular weight excluding hydrogens is 398 g/mol. The Hall–Kier alpha value is -4.07. The topological polar surface area (TPSA) is 132 Å². The van der Waals surface area contributed by atoms with Gasteiger partial charge < -0.3 is 14.0 Å². The van der Waals surface area contributed by atoms with Gasteiger partial charge in [-0.1, -0.05) is 11.2 Å². The van der Waals surface area contributed by atoms with Gasteiger partial charge in [-0.2, -0.15) is 10.2 Å². The number of nitriles is 1. The first-order valence-corrected chi connectivity index (χ1v) is 9.96. The summed E-state index contributed by atoms with van der Waals surface area (Å²) < 4.78 is 8.60. The van der Waals surface area contributed by atoms with Crippen molar-refractivity contribution in [3.63, 3.8) is 0 Å². The Balaban J connectivity index is 1.16. The fourth-order valence-corrected chi connectivity index (χ4v) is 5.44. The second-order valence-corrected chi connectivity index (χ2v) is 8.37. The molecule has 2 aliphatic carbocycles. The maximum atomic E-state index is 12.7. The van der Waals surface area contributed by atoms with Crippen molar-refractivity contribution < 1.29 is 4.52 Å². The van der Waals surface area contributed by atoms with E-state index in [-0.39, 0.29) is 17.5 Å². The van der Waals surface area contributed by atoms with Crippen LogP contribution >= 0.6 is 0 Å². The van der Waals surface area contributed by atoms with E-state index in [0.29, 0.717) is 46.5 Å². The third-order valence-corrected chi connectivity index (χ3v) is 6.94. The molecule has 4 aliphatic rings. The quantitative estimate of drug-likeness (QED) is 0.461. The normalized spacial score (nSPS) is 27.4. The number of fused-ring (bicyclic) bond motifs is 2. The van der Waals surface area contributed by atoms with Crippen LogP contribution in [0.5, 0.6) is 0 Å². The number of aromatic nitrogens is 7. The number of nitrogens with zero attached hydrogens (tertiary/aromatic N) is 9. The highest BCUT2D eigenvalue weighted by atomic mass is 16.5. The van der Waals surface area contributed by atoms with Crippen LogP contribution in [0, 0.1) is 23.2 Å². The van der Waals surface area contributed by atoms with Gasteiger partial charge in [-0.15, -0.1) is 0 Å². The standard InChI is InChI=1S/C20H15N9O2/c1-27-8-22-17-15(27)18(30)28(9-23-17)7-13-25-19(26-31-13)20-11-6-29(16(20)14(11)20)12-4-2-3-10(5-21)24-12/h2-4,8-9,11,14,16H,6-7H2,1H3/t11-,14-,16?,20-/m1/s1. The number of aryl methyl sites for hydroxylation is 1. The number of rotatable bonds is 4. The summed E-state index contributed by atoms with van der Waals surface area (Å²) in [4.78, 5) is 32.4. The van der Waals surface area contributed by atoms with Crippen molar-refractivity contribution in [3.8, 4) is 6.07 Å². The molecule has 2 saturated carbocycles. The predicted octanol–water partition coefficient (Wildman–Crippen LogP) is 0.214. The second-order valence-electron chi connectivity index (χ2n) is 8.37. The van der Waals surface area contributed by atoms with E-state index in [1.165, 1.54) is 10.9 Å². The molecule has 8 rings (SSSR count). The summed E-state index contributed by atoms with van der Waals surface area (Å²) in [5.41, 5.74) is 0.983. The van der Waals surface area contributed by atoms with Crippen molar-refractivity contribution >= 4 is 17.0 Å². The van der Waals surface area contributed by atoms with E-state index in [1.807, 2.05) is 12.1 Å². The van der Waals surface area contributed by atoms with Crippen LogP contribution in [-0.2, 0) is 19.0 Å². The number of anilines is 1. The lowest BCUT2D eigenvalue weighted by atomic mass is 10.1. The lowest BCUT2D eigenvalue weighted by Gasteiger charge is -2.17. The number of hydrogen-bond donors (Lipinski definition) is 0. The highest BCUT2D eigenvalue weighted by molar-refractivity contribution is 5.69. The van der Waals surface area contributed by atoms with Gasteiger partial charge in [-0.3, -0.25) is 9.36 Å². The molecule has 2 saturated heterocycles. The molecule has 4 atom stereocenters. The fraction of sp³-hybridized carbons (Fsp3) is 0.350. The van der Waals surface area contributed by atoms with E-state index in [2.05, 4.69) is 36.1 Å². The minimum absolute atomic E-state index is 0.0821. The zero-order chi connectivity index (χ0) is 20.9. The van der Waals surface area contributed by atoms with Crippen LogP contribution in [0.3, 0.4) is 0 Å². The first-order valence-electron chi connectivity index (χ1n) is 9.96. The molecule has 0 spiro atoms. The van der Waals surface area contributed by atoms with Crippen molar-refractivity contribution in [2.75, 3.05) is 11.4 Å². The molecule has 4 aromatic heterocycles. The van der Waals surface area contributed by atoms with Gasteiger partial charge in [0, 0.05) is 25.6 Å². The maximum absolute atomic E-state index is 12.7. The minimum atomic E-state index is -0.201. The Labute approximate surface area is 174 Å². The number of hydrogen-bond acceptors (Lipinski definition) is 9. The van der Waals surface area contributed by atoms with Crippen LogP contribution in [0.15, 0.2) is 40.2 Å². The molecule has 2 bridgehead atoms. The number of pyridine rings is 1. The van der Waals surface area contributed by atoms with Gasteiger partial charge in [-0.05, 0) is 18.1 Å². The van der Waals surface area contributed by atoms with Gasteiger partial charge in [0.05, 0.1) is 11.7 Å². The molecule has 0 radical (unpaired) electrons. The Morgan fingerprint density at radius 2 is 2.16 bits per heavy atom. The van der Waals surface area contributed by atoms with Gasteiger partial charge in [-0.25, -0.2) is 15.0 Å². The maximum Gasteiger partial charge on any atom is 0.280 e. The predicted molar refractivity (Wildman–Crippen MR) is 105 cm³/mol. The van der Waals surface area contributed by atoms with E-state index >= 15 is 0 Å². The van der Waals surface area contributed by atoms with Crippen molar-refractivity contribution in [1.29, 1.82) is 5.26 Å². The molecule has 4 fully saturated rings. The van der Waals surface area contributed by atoms with Crippen LogP contribution in [0.25, 0.3) is 11.2 Å². The van der Waals surface area contributed by atoms with Crippen LogP contribution in [0.2, 0.25) is 0 Å². The lowest BCUT2D eigenvalue weighted by molar-refractivity contribution is 0.362. The third kappa shape index (κ3) is 1.96. The molecule has 0 N–H and O–H groups in total. The molecule has 11 heteroatoms. The molecule has 1 unspecified atom stereocenters. The molecule has 31 heavy (non-hydrogen) atoms. The van der Waals surface area contributed by atoms with Gasteiger partial charge in [0.2, 0.25) is 5.89 Å². The third-order valence-electron chi connectivity index (χ3n) is 6.94. The van der Waals surface area contributed by atoms with E-state index < -0.39 is 0 Å². The molecule has 11 nitrogen and oxygen atoms in total. The molecule has 152 valence electrons. The molecule has 6 heterocycles. The van der Waals surface area contributed by atoms with E-state index in [1.54, 1.807) is 24.0 Å². The van der Waals surface area contributed by atoms with Gasteiger partial charge in [0.25, 0.3) is 5.56 Å². The zero-order valence-corrected chi connectivity index (χ0v) is 16.4. The monoisotopic (exact) mass is 413 g/mol. The largest absolute Gasteiger partial charge is 0.352 e. The summed E-state index contributed by atoms with van der Waals surface area (Å²) in [6.07, 6.45) is 3.02. The minimum Gasteiger partial charge on any atom is -0.352 e. The number of piperidine rings is 1. The van der Waals surface area contributed by atoms with Crippen molar-refractivity contribution in [3.05, 3.63) is 58.6 Å². The van der Waals surface area contributed by atoms with Crippen LogP contribution in [-0.4, -0.2) is 46.8 Å². The Bertz CT molecular complexity index is 1490. The lowest BCUT2D eigenvalue weighted by Crippen LogP contribution is -2.24. The Kier molecular flexibility index (Phi) is 2.88. The average Bonchev–Trinajstić information content (AvgIpc) is 3.25. The Morgan fingerprint density at radius 1 is 1.29 bits per heavy atom. The average molecular weight is 413 g/mol. The SMILES string of the molecule is Cn1cnc2ncn(Cc3nc([C@@]45C6[C@H]4[C@H]5CN6c4cccc(C#N)n4)no3)c(=O)c21. The summed E-state index contributed by atoms with van der Waals surface area (Å²) in [5, 5.41) is 13.4. The summed E-state index contributed by atoms with van der Waals surface area (Å²) in [6.45, 7) is 1.03. The molecule has 4 aromatic rings. The highest BCUT2D eigenvalue weighted by Gasteiger charge is 2.95. The summed E-state index contributed by atoms with van der Waals surface area (Å²) >= 11 is 0. The van der Waals surface area contributed by atoms with E-state index in [4.69, 9.17) is 9.78 Å². The highest BCUT2D eigenvalue weighted by Crippen LogP contribution is 2.85. The first-order chi connectivity index (χ1) is 15.1. The molecule has 0 amide bonds. The first kappa shape index (κ1) is 16.7.